The van der Waals surface area contributed by atoms with Gasteiger partial charge in [-0.15, -0.1) is 11.7 Å². The van der Waals surface area contributed by atoms with Gasteiger partial charge in [0.15, 0.2) is 5.82 Å². The van der Waals surface area contributed by atoms with E-state index in [2.05, 4.69) is 21.6 Å². The Morgan fingerprint density at radius 1 is 1.36 bits per heavy atom. The molecule has 2 aromatic rings. The normalized spacial score (nSPS) is 16.6. The third-order valence-electron chi connectivity index (χ3n) is 4.28. The second-order valence-electron chi connectivity index (χ2n) is 5.88. The number of benzene rings is 1. The van der Waals surface area contributed by atoms with Crippen molar-refractivity contribution in [2.24, 2.45) is 0 Å². The van der Waals surface area contributed by atoms with Gasteiger partial charge in [0, 0.05) is 25.1 Å². The van der Waals surface area contributed by atoms with Crippen LogP contribution in [0.3, 0.4) is 0 Å². The van der Waals surface area contributed by atoms with Crippen LogP contribution in [0.2, 0.25) is 5.02 Å². The molecule has 7 heteroatoms. The lowest BCUT2D eigenvalue weighted by Gasteiger charge is -2.32. The highest BCUT2D eigenvalue weighted by Crippen LogP contribution is 2.24. The molecule has 0 spiro atoms. The average molecular weight is 361 g/mol. The standard InChI is InChI=1S/C18H21ClN4O2/c1-3-6-16-18(24)23(13(2)22-9-11-25-12-10-22)21-17(20-16)14-7-4-5-8-15(14)19/h3-5,7-8,13H,1,6,9-12H2,2H3. The third-order valence-corrected chi connectivity index (χ3v) is 4.61. The molecule has 1 atom stereocenters. The van der Waals surface area contributed by atoms with Crippen LogP contribution < -0.4 is 5.56 Å². The fourth-order valence-electron chi connectivity index (χ4n) is 2.86. The molecule has 1 unspecified atom stereocenters. The first kappa shape index (κ1) is 17.8. The zero-order chi connectivity index (χ0) is 17.8. The molecule has 25 heavy (non-hydrogen) atoms. The molecule has 6 nitrogen and oxygen atoms in total. The van der Waals surface area contributed by atoms with Crippen molar-refractivity contribution in [1.82, 2.24) is 19.7 Å². The summed E-state index contributed by atoms with van der Waals surface area (Å²) in [6.45, 7) is 8.51. The van der Waals surface area contributed by atoms with Gasteiger partial charge in [-0.05, 0) is 19.1 Å². The zero-order valence-electron chi connectivity index (χ0n) is 14.2. The second-order valence-corrected chi connectivity index (χ2v) is 6.29. The van der Waals surface area contributed by atoms with E-state index in [1.807, 2.05) is 25.1 Å². The summed E-state index contributed by atoms with van der Waals surface area (Å²) in [5.74, 6) is 0.446. The van der Waals surface area contributed by atoms with E-state index < -0.39 is 0 Å². The van der Waals surface area contributed by atoms with Crippen molar-refractivity contribution in [3.8, 4) is 11.4 Å². The number of aromatic nitrogens is 3. The SMILES string of the molecule is C=CCc1nc(-c2ccccc2Cl)nn(C(C)N2CCOCC2)c1=O. The Morgan fingerprint density at radius 2 is 2.08 bits per heavy atom. The quantitative estimate of drug-likeness (QED) is 0.767. The molecular formula is C18H21ClN4O2. The lowest BCUT2D eigenvalue weighted by molar-refractivity contribution is -0.000956. The van der Waals surface area contributed by atoms with E-state index in [1.54, 1.807) is 12.1 Å². The van der Waals surface area contributed by atoms with Gasteiger partial charge in [-0.3, -0.25) is 9.69 Å². The highest BCUT2D eigenvalue weighted by atomic mass is 35.5. The van der Waals surface area contributed by atoms with Gasteiger partial charge >= 0.3 is 0 Å². The summed E-state index contributed by atoms with van der Waals surface area (Å²) in [7, 11) is 0. The highest BCUT2D eigenvalue weighted by molar-refractivity contribution is 6.33. The Labute approximate surface area is 151 Å². The Morgan fingerprint density at radius 3 is 2.76 bits per heavy atom. The van der Waals surface area contributed by atoms with Crippen molar-refractivity contribution < 1.29 is 4.74 Å². The van der Waals surface area contributed by atoms with Crippen LogP contribution in [0.15, 0.2) is 41.7 Å². The number of allylic oxidation sites excluding steroid dienone is 1. The molecule has 0 N–H and O–H groups in total. The molecule has 132 valence electrons. The van der Waals surface area contributed by atoms with Crippen LogP contribution in [0.25, 0.3) is 11.4 Å². The van der Waals surface area contributed by atoms with E-state index in [4.69, 9.17) is 16.3 Å². The minimum Gasteiger partial charge on any atom is -0.379 e. The van der Waals surface area contributed by atoms with E-state index in [-0.39, 0.29) is 11.7 Å². The number of ether oxygens (including phenoxy) is 1. The van der Waals surface area contributed by atoms with Crippen LogP contribution in [0.5, 0.6) is 0 Å². The number of hydrogen-bond donors (Lipinski definition) is 0. The van der Waals surface area contributed by atoms with E-state index in [9.17, 15) is 4.79 Å². The molecule has 0 aliphatic carbocycles. The predicted molar refractivity (Wildman–Crippen MR) is 97.7 cm³/mol. The van der Waals surface area contributed by atoms with Crippen LogP contribution in [0.4, 0.5) is 0 Å². The van der Waals surface area contributed by atoms with Crippen LogP contribution in [-0.4, -0.2) is 46.0 Å². The molecule has 0 radical (unpaired) electrons. The first-order valence-corrected chi connectivity index (χ1v) is 8.67. The molecule has 3 rings (SSSR count). The lowest BCUT2D eigenvalue weighted by Crippen LogP contribution is -2.44. The maximum atomic E-state index is 12.8. The lowest BCUT2D eigenvalue weighted by atomic mass is 10.2. The fraction of sp³-hybridized carbons (Fsp3) is 0.389. The van der Waals surface area contributed by atoms with Gasteiger partial charge in [0.25, 0.3) is 5.56 Å². The summed E-state index contributed by atoms with van der Waals surface area (Å²) in [5.41, 5.74) is 0.923. The van der Waals surface area contributed by atoms with Gasteiger partial charge in [-0.1, -0.05) is 29.8 Å². The van der Waals surface area contributed by atoms with E-state index in [1.165, 1.54) is 4.68 Å². The van der Waals surface area contributed by atoms with Crippen molar-refractivity contribution in [1.29, 1.82) is 0 Å². The Hall–Kier alpha value is -2.02. The van der Waals surface area contributed by atoms with Gasteiger partial charge in [-0.2, -0.15) is 0 Å². The van der Waals surface area contributed by atoms with E-state index in [0.29, 0.717) is 41.7 Å². The monoisotopic (exact) mass is 360 g/mol. The number of rotatable bonds is 5. The average Bonchev–Trinajstić information content (AvgIpc) is 2.64. The van der Waals surface area contributed by atoms with Crippen LogP contribution in [-0.2, 0) is 11.2 Å². The predicted octanol–water partition coefficient (Wildman–Crippen LogP) is 2.54. The molecule has 1 aromatic heterocycles. The van der Waals surface area contributed by atoms with Crippen molar-refractivity contribution in [3.05, 3.63) is 58.0 Å². The summed E-state index contributed by atoms with van der Waals surface area (Å²) < 4.78 is 6.89. The summed E-state index contributed by atoms with van der Waals surface area (Å²) in [6.07, 6.45) is 1.86. The molecule has 2 heterocycles. The molecule has 1 fully saturated rings. The van der Waals surface area contributed by atoms with E-state index >= 15 is 0 Å². The second kappa shape index (κ2) is 7.91. The smallest absolute Gasteiger partial charge is 0.290 e. The van der Waals surface area contributed by atoms with Crippen LogP contribution in [0.1, 0.15) is 18.8 Å². The van der Waals surface area contributed by atoms with Crippen LogP contribution >= 0.6 is 11.6 Å². The van der Waals surface area contributed by atoms with Gasteiger partial charge < -0.3 is 4.74 Å². The largest absolute Gasteiger partial charge is 0.379 e. The number of nitrogens with zero attached hydrogens (tertiary/aromatic N) is 4. The topological polar surface area (TPSA) is 60.3 Å². The van der Waals surface area contributed by atoms with Gasteiger partial charge in [0.1, 0.15) is 11.9 Å². The van der Waals surface area contributed by atoms with Crippen molar-refractivity contribution >= 4 is 11.6 Å². The zero-order valence-corrected chi connectivity index (χ0v) is 14.9. The Kier molecular flexibility index (Phi) is 5.63. The third kappa shape index (κ3) is 3.81. The van der Waals surface area contributed by atoms with Crippen LogP contribution in [0, 0.1) is 0 Å². The molecule has 1 saturated heterocycles. The van der Waals surface area contributed by atoms with Gasteiger partial charge in [-0.25, -0.2) is 9.67 Å². The van der Waals surface area contributed by atoms with E-state index in [0.717, 1.165) is 13.1 Å². The van der Waals surface area contributed by atoms with Crippen molar-refractivity contribution in [3.63, 3.8) is 0 Å². The summed E-state index contributed by atoms with van der Waals surface area (Å²) in [5, 5.41) is 5.07. The first-order chi connectivity index (χ1) is 12.1. The molecule has 1 aromatic carbocycles. The summed E-state index contributed by atoms with van der Waals surface area (Å²) in [6, 6.07) is 7.36. The van der Waals surface area contributed by atoms with Crippen molar-refractivity contribution in [2.45, 2.75) is 19.5 Å². The number of morpholine rings is 1. The minimum absolute atomic E-state index is 0.191. The van der Waals surface area contributed by atoms with Gasteiger partial charge in [0.05, 0.1) is 18.2 Å². The van der Waals surface area contributed by atoms with Crippen molar-refractivity contribution in [2.75, 3.05) is 26.3 Å². The number of halogens is 1. The molecule has 0 amide bonds. The molecule has 0 saturated carbocycles. The number of hydrogen-bond acceptors (Lipinski definition) is 5. The molecular weight excluding hydrogens is 340 g/mol. The fourth-order valence-corrected chi connectivity index (χ4v) is 3.08. The molecule has 0 bridgehead atoms. The maximum absolute atomic E-state index is 12.8. The minimum atomic E-state index is -0.199. The first-order valence-electron chi connectivity index (χ1n) is 8.29. The molecule has 1 aliphatic rings. The van der Waals surface area contributed by atoms with Gasteiger partial charge in [0.2, 0.25) is 0 Å². The summed E-state index contributed by atoms with van der Waals surface area (Å²) in [4.78, 5) is 19.4. The Bertz CT molecular complexity index is 815. The Balaban J connectivity index is 2.08. The molecule has 1 aliphatic heterocycles. The maximum Gasteiger partial charge on any atom is 0.290 e. The highest BCUT2D eigenvalue weighted by Gasteiger charge is 2.23. The summed E-state index contributed by atoms with van der Waals surface area (Å²) >= 11 is 6.29.